The van der Waals surface area contributed by atoms with E-state index in [2.05, 4.69) is 5.32 Å². The Morgan fingerprint density at radius 1 is 1.04 bits per heavy atom. The molecule has 0 aromatic heterocycles. The number of nitrogens with one attached hydrogen (secondary N) is 1. The fraction of sp³-hybridized carbons (Fsp3) is 0.158. The van der Waals surface area contributed by atoms with Crippen LogP contribution in [0, 0.1) is 5.92 Å². The third-order valence-corrected chi connectivity index (χ3v) is 5.28. The van der Waals surface area contributed by atoms with E-state index < -0.39 is 15.8 Å². The predicted molar refractivity (Wildman–Crippen MR) is 97.5 cm³/mol. The molecule has 0 saturated carbocycles. The zero-order valence-electron chi connectivity index (χ0n) is 13.8. The van der Waals surface area contributed by atoms with E-state index in [0.717, 1.165) is 5.41 Å². The molecule has 0 aliphatic carbocycles. The van der Waals surface area contributed by atoms with Gasteiger partial charge in [0, 0.05) is 22.6 Å². The fourth-order valence-corrected chi connectivity index (χ4v) is 3.95. The average Bonchev–Trinajstić information content (AvgIpc) is 2.95. The van der Waals surface area contributed by atoms with E-state index in [1.807, 2.05) is 6.07 Å². The van der Waals surface area contributed by atoms with Gasteiger partial charge in [0.25, 0.3) is 5.91 Å². The van der Waals surface area contributed by atoms with E-state index in [-0.39, 0.29) is 24.0 Å². The Labute approximate surface area is 151 Å². The summed E-state index contributed by atoms with van der Waals surface area (Å²) in [6.07, 6.45) is 1.51. The van der Waals surface area contributed by atoms with Crippen molar-refractivity contribution in [3.05, 3.63) is 71.6 Å². The number of sulfone groups is 1. The number of rotatable bonds is 5. The zero-order valence-corrected chi connectivity index (χ0v) is 14.6. The van der Waals surface area contributed by atoms with Crippen LogP contribution in [-0.2, 0) is 14.6 Å². The van der Waals surface area contributed by atoms with Gasteiger partial charge in [0.1, 0.15) is 5.75 Å². The molecule has 1 aliphatic rings. The second kappa shape index (κ2) is 7.53. The Bertz CT molecular complexity index is 934. The van der Waals surface area contributed by atoms with Crippen LogP contribution in [0.25, 0.3) is 0 Å². The van der Waals surface area contributed by atoms with Gasteiger partial charge in [0.05, 0.1) is 12.2 Å². The Balaban J connectivity index is 1.54. The molecule has 0 saturated heterocycles. The van der Waals surface area contributed by atoms with Crippen LogP contribution in [0.15, 0.2) is 66.1 Å². The molecular formula is C19H17NO5S. The van der Waals surface area contributed by atoms with Crippen molar-refractivity contribution in [3.8, 4) is 5.75 Å². The van der Waals surface area contributed by atoms with Crippen LogP contribution in [0.4, 0.5) is 5.69 Å². The number of hydrogen-bond acceptors (Lipinski definition) is 5. The van der Waals surface area contributed by atoms with E-state index in [0.29, 0.717) is 17.0 Å². The lowest BCUT2D eigenvalue weighted by molar-refractivity contribution is -0.134. The lowest BCUT2D eigenvalue weighted by Crippen LogP contribution is -2.15. The number of amides is 1. The Morgan fingerprint density at radius 2 is 1.73 bits per heavy atom. The normalized spacial score (nSPS) is 17.6. The van der Waals surface area contributed by atoms with Crippen LogP contribution in [0.3, 0.4) is 0 Å². The van der Waals surface area contributed by atoms with Crippen LogP contribution >= 0.6 is 0 Å². The second-order valence-corrected chi connectivity index (χ2v) is 7.87. The maximum absolute atomic E-state index is 12.1. The highest BCUT2D eigenvalue weighted by molar-refractivity contribution is 7.94. The Hall–Kier alpha value is -2.93. The molecule has 7 heteroatoms. The summed E-state index contributed by atoms with van der Waals surface area (Å²) in [7, 11) is -3.18. The van der Waals surface area contributed by atoms with Crippen molar-refractivity contribution in [2.24, 2.45) is 5.92 Å². The van der Waals surface area contributed by atoms with Crippen LogP contribution < -0.4 is 10.1 Å². The minimum atomic E-state index is -3.18. The van der Waals surface area contributed by atoms with Crippen molar-refractivity contribution >= 4 is 27.4 Å². The third-order valence-electron chi connectivity index (χ3n) is 3.81. The highest BCUT2D eigenvalue weighted by Crippen LogP contribution is 2.21. The van der Waals surface area contributed by atoms with Crippen molar-refractivity contribution in [1.82, 2.24) is 0 Å². The number of benzene rings is 2. The second-order valence-electron chi connectivity index (χ2n) is 5.94. The topological polar surface area (TPSA) is 89.5 Å². The fourth-order valence-electron chi connectivity index (χ4n) is 2.55. The van der Waals surface area contributed by atoms with Gasteiger partial charge in [0.2, 0.25) is 0 Å². The van der Waals surface area contributed by atoms with E-state index in [1.54, 1.807) is 48.5 Å². The van der Waals surface area contributed by atoms with Gasteiger partial charge in [-0.05, 0) is 36.4 Å². The van der Waals surface area contributed by atoms with E-state index >= 15 is 0 Å². The maximum atomic E-state index is 12.1. The summed E-state index contributed by atoms with van der Waals surface area (Å²) in [6, 6.07) is 15.2. The highest BCUT2D eigenvalue weighted by atomic mass is 32.2. The zero-order chi connectivity index (χ0) is 18.6. The summed E-state index contributed by atoms with van der Waals surface area (Å²) in [4.78, 5) is 24.0. The van der Waals surface area contributed by atoms with E-state index in [4.69, 9.17) is 4.74 Å². The molecule has 0 unspecified atom stereocenters. The summed E-state index contributed by atoms with van der Waals surface area (Å²) in [6.45, 7) is 0. The number of allylic oxidation sites excluding steroid dienone is 1. The van der Waals surface area contributed by atoms with E-state index in [9.17, 15) is 18.0 Å². The smallest absolute Gasteiger partial charge is 0.311 e. The van der Waals surface area contributed by atoms with Crippen molar-refractivity contribution in [2.45, 2.75) is 6.42 Å². The number of hydrogen-bond donors (Lipinski definition) is 1. The average molecular weight is 371 g/mol. The molecule has 3 rings (SSSR count). The van der Waals surface area contributed by atoms with Gasteiger partial charge in [0.15, 0.2) is 9.84 Å². The highest BCUT2D eigenvalue weighted by Gasteiger charge is 2.24. The van der Waals surface area contributed by atoms with Gasteiger partial charge >= 0.3 is 5.97 Å². The van der Waals surface area contributed by atoms with Crippen LogP contribution in [-0.4, -0.2) is 26.0 Å². The first-order chi connectivity index (χ1) is 12.4. The lowest BCUT2D eigenvalue weighted by atomic mass is 10.1. The van der Waals surface area contributed by atoms with Gasteiger partial charge in [-0.2, -0.15) is 0 Å². The molecule has 2 aromatic carbocycles. The minimum absolute atomic E-state index is 0.00221. The number of anilines is 1. The molecule has 0 fully saturated rings. The van der Waals surface area contributed by atoms with Gasteiger partial charge in [-0.15, -0.1) is 0 Å². The number of ether oxygens (including phenoxy) is 1. The SMILES string of the molecule is O=C(C[C@@H]1C=CS(=O)(=O)C1)Oc1ccc(NC(=O)c2ccccc2)cc1. The predicted octanol–water partition coefficient (Wildman–Crippen LogP) is 2.79. The van der Waals surface area contributed by atoms with Gasteiger partial charge in [-0.1, -0.05) is 24.3 Å². The van der Waals surface area contributed by atoms with Crippen LogP contribution in [0.1, 0.15) is 16.8 Å². The van der Waals surface area contributed by atoms with Crippen LogP contribution in [0.5, 0.6) is 5.75 Å². The van der Waals surface area contributed by atoms with E-state index in [1.165, 1.54) is 6.08 Å². The molecular weight excluding hydrogens is 354 g/mol. The standard InChI is InChI=1S/C19H17NO5S/c21-18(12-14-10-11-26(23,24)13-14)25-17-8-6-16(7-9-17)20-19(22)15-4-2-1-3-5-15/h1-11,14H,12-13H2,(H,20,22)/t14-/m0/s1. The maximum Gasteiger partial charge on any atom is 0.311 e. The summed E-state index contributed by atoms with van der Waals surface area (Å²) in [5, 5.41) is 3.89. The molecule has 1 amide bonds. The summed E-state index contributed by atoms with van der Waals surface area (Å²) in [5.41, 5.74) is 1.12. The molecule has 0 bridgehead atoms. The van der Waals surface area contributed by atoms with Crippen molar-refractivity contribution < 1.29 is 22.7 Å². The Morgan fingerprint density at radius 3 is 2.35 bits per heavy atom. The molecule has 1 heterocycles. The molecule has 134 valence electrons. The minimum Gasteiger partial charge on any atom is -0.427 e. The van der Waals surface area contributed by atoms with Crippen molar-refractivity contribution in [3.63, 3.8) is 0 Å². The molecule has 1 aliphatic heterocycles. The molecule has 2 aromatic rings. The quantitative estimate of drug-likeness (QED) is 0.645. The first kappa shape index (κ1) is 17.9. The van der Waals surface area contributed by atoms with Gasteiger partial charge < -0.3 is 10.1 Å². The number of carbonyl (C=O) groups excluding carboxylic acids is 2. The first-order valence-electron chi connectivity index (χ1n) is 7.99. The van der Waals surface area contributed by atoms with Crippen molar-refractivity contribution in [2.75, 3.05) is 11.1 Å². The molecule has 6 nitrogen and oxygen atoms in total. The monoisotopic (exact) mass is 371 g/mol. The molecule has 26 heavy (non-hydrogen) atoms. The van der Waals surface area contributed by atoms with Gasteiger partial charge in [-0.3, -0.25) is 9.59 Å². The molecule has 0 spiro atoms. The third kappa shape index (κ3) is 4.80. The first-order valence-corrected chi connectivity index (χ1v) is 9.71. The summed E-state index contributed by atoms with van der Waals surface area (Å²) in [5.74, 6) is -0.816. The number of carbonyl (C=O) groups is 2. The van der Waals surface area contributed by atoms with Gasteiger partial charge in [-0.25, -0.2) is 8.42 Å². The number of esters is 1. The molecule has 1 atom stereocenters. The van der Waals surface area contributed by atoms with Crippen molar-refractivity contribution in [1.29, 1.82) is 0 Å². The Kier molecular flexibility index (Phi) is 5.18. The largest absolute Gasteiger partial charge is 0.427 e. The summed E-state index contributed by atoms with van der Waals surface area (Å²) >= 11 is 0. The summed E-state index contributed by atoms with van der Waals surface area (Å²) < 4.78 is 27.9. The molecule has 1 N–H and O–H groups in total. The van der Waals surface area contributed by atoms with Crippen LogP contribution in [0.2, 0.25) is 0 Å². The molecule has 0 radical (unpaired) electrons. The lowest BCUT2D eigenvalue weighted by Gasteiger charge is -2.09.